The number of amidine groups is 1. The Labute approximate surface area is 188 Å². The minimum Gasteiger partial charge on any atom is -0.491 e. The van der Waals surface area contributed by atoms with Crippen LogP contribution < -0.4 is 10.5 Å². The standard InChI is InChI=1S/C22H25F3N4O4/c1-21(2,3)15-9-7-14(8-10-15)13-28(20(30)22(23,24)25)11-12-33-17-6-4-5-16(29(31)32)18(17)19(26)27/h4-10H,11-13H2,1-3H3,(H3,26,27). The van der Waals surface area contributed by atoms with E-state index in [-0.39, 0.29) is 23.3 Å². The topological polar surface area (TPSA) is 123 Å². The summed E-state index contributed by atoms with van der Waals surface area (Å²) in [7, 11) is 0. The first-order chi connectivity index (χ1) is 15.2. The second-order valence-corrected chi connectivity index (χ2v) is 8.34. The Morgan fingerprint density at radius 1 is 1.15 bits per heavy atom. The minimum absolute atomic E-state index is 0.134. The Kier molecular flexibility index (Phi) is 7.68. The zero-order valence-corrected chi connectivity index (χ0v) is 18.4. The van der Waals surface area contributed by atoms with Gasteiger partial charge >= 0.3 is 12.1 Å². The van der Waals surface area contributed by atoms with Crippen molar-refractivity contribution in [2.45, 2.75) is 38.9 Å². The van der Waals surface area contributed by atoms with Crippen LogP contribution in [0.5, 0.6) is 5.75 Å². The van der Waals surface area contributed by atoms with Gasteiger partial charge < -0.3 is 15.4 Å². The molecule has 0 unspecified atom stereocenters. The smallest absolute Gasteiger partial charge is 0.471 e. The first kappa shape index (κ1) is 25.6. The van der Waals surface area contributed by atoms with E-state index in [4.69, 9.17) is 15.9 Å². The molecule has 0 saturated heterocycles. The second kappa shape index (κ2) is 9.88. The van der Waals surface area contributed by atoms with E-state index in [2.05, 4.69) is 0 Å². The van der Waals surface area contributed by atoms with E-state index in [9.17, 15) is 28.1 Å². The van der Waals surface area contributed by atoms with Crippen LogP contribution in [0.2, 0.25) is 0 Å². The SMILES string of the molecule is CC(C)(C)c1ccc(CN(CCOc2cccc([N+](=O)[O-])c2C(=N)N)C(=O)C(F)(F)F)cc1. The lowest BCUT2D eigenvalue weighted by atomic mass is 9.87. The summed E-state index contributed by atoms with van der Waals surface area (Å²) in [6.07, 6.45) is -5.08. The number of ether oxygens (including phenoxy) is 1. The molecule has 0 aliphatic rings. The maximum Gasteiger partial charge on any atom is 0.471 e. The predicted octanol–water partition coefficient (Wildman–Crippen LogP) is 4.15. The van der Waals surface area contributed by atoms with Gasteiger partial charge in [-0.2, -0.15) is 13.2 Å². The number of carbonyl (C=O) groups excluding carboxylic acids is 1. The number of halogens is 3. The molecule has 0 aliphatic carbocycles. The van der Waals surface area contributed by atoms with E-state index in [0.29, 0.717) is 10.5 Å². The highest BCUT2D eigenvalue weighted by Crippen LogP contribution is 2.28. The van der Waals surface area contributed by atoms with Crippen molar-refractivity contribution < 1.29 is 27.6 Å². The molecular formula is C22H25F3N4O4. The van der Waals surface area contributed by atoms with Gasteiger partial charge in [-0.1, -0.05) is 51.1 Å². The van der Waals surface area contributed by atoms with Crippen molar-refractivity contribution in [3.8, 4) is 5.75 Å². The molecular weight excluding hydrogens is 441 g/mol. The lowest BCUT2D eigenvalue weighted by Gasteiger charge is -2.25. The van der Waals surface area contributed by atoms with Gasteiger partial charge in [-0.3, -0.25) is 20.3 Å². The molecule has 3 N–H and O–H groups in total. The Balaban J connectivity index is 2.21. The van der Waals surface area contributed by atoms with Gasteiger partial charge in [0.2, 0.25) is 0 Å². The summed E-state index contributed by atoms with van der Waals surface area (Å²) in [6.45, 7) is 4.86. The monoisotopic (exact) mass is 466 g/mol. The molecule has 0 fully saturated rings. The molecule has 8 nitrogen and oxygen atoms in total. The van der Waals surface area contributed by atoms with Crippen LogP contribution in [-0.2, 0) is 16.8 Å². The lowest BCUT2D eigenvalue weighted by molar-refractivity contribution is -0.385. The highest BCUT2D eigenvalue weighted by atomic mass is 19.4. The number of hydrogen-bond donors (Lipinski definition) is 2. The predicted molar refractivity (Wildman–Crippen MR) is 116 cm³/mol. The van der Waals surface area contributed by atoms with Crippen LogP contribution >= 0.6 is 0 Å². The number of nitrogens with zero attached hydrogens (tertiary/aromatic N) is 2. The van der Waals surface area contributed by atoms with Gasteiger partial charge in [0.25, 0.3) is 5.69 Å². The van der Waals surface area contributed by atoms with Crippen molar-refractivity contribution in [3.05, 3.63) is 69.3 Å². The largest absolute Gasteiger partial charge is 0.491 e. The van der Waals surface area contributed by atoms with Gasteiger partial charge in [-0.25, -0.2) is 0 Å². The maximum atomic E-state index is 13.1. The van der Waals surface area contributed by atoms with Crippen molar-refractivity contribution in [2.24, 2.45) is 5.73 Å². The summed E-state index contributed by atoms with van der Waals surface area (Å²) in [4.78, 5) is 23.0. The van der Waals surface area contributed by atoms with Crippen LogP contribution in [-0.4, -0.2) is 40.9 Å². The number of benzene rings is 2. The first-order valence-electron chi connectivity index (χ1n) is 9.92. The second-order valence-electron chi connectivity index (χ2n) is 8.34. The van der Waals surface area contributed by atoms with Crippen molar-refractivity contribution >= 4 is 17.4 Å². The fourth-order valence-corrected chi connectivity index (χ4v) is 3.09. The quantitative estimate of drug-likeness (QED) is 0.262. The van der Waals surface area contributed by atoms with Gasteiger partial charge in [-0.05, 0) is 22.6 Å². The van der Waals surface area contributed by atoms with Crippen LogP contribution in [0, 0.1) is 15.5 Å². The Hall–Kier alpha value is -3.63. The number of nitro benzene ring substituents is 1. The number of nitro groups is 1. The highest BCUT2D eigenvalue weighted by Gasteiger charge is 2.42. The van der Waals surface area contributed by atoms with E-state index < -0.39 is 41.7 Å². The van der Waals surface area contributed by atoms with Crippen molar-refractivity contribution in [3.63, 3.8) is 0 Å². The summed E-state index contributed by atoms with van der Waals surface area (Å²) >= 11 is 0. The van der Waals surface area contributed by atoms with Crippen molar-refractivity contribution in [1.82, 2.24) is 4.90 Å². The van der Waals surface area contributed by atoms with Gasteiger partial charge in [-0.15, -0.1) is 0 Å². The number of hydrogen-bond acceptors (Lipinski definition) is 5. The lowest BCUT2D eigenvalue weighted by Crippen LogP contribution is -2.42. The number of alkyl halides is 3. The van der Waals surface area contributed by atoms with Crippen LogP contribution in [0.25, 0.3) is 0 Å². The third-order valence-electron chi connectivity index (χ3n) is 4.81. The summed E-state index contributed by atoms with van der Waals surface area (Å²) < 4.78 is 44.8. The summed E-state index contributed by atoms with van der Waals surface area (Å²) in [5, 5.41) is 18.7. The van der Waals surface area contributed by atoms with Crippen molar-refractivity contribution in [2.75, 3.05) is 13.2 Å². The van der Waals surface area contributed by atoms with Crippen molar-refractivity contribution in [1.29, 1.82) is 5.41 Å². The molecule has 11 heteroatoms. The molecule has 2 aromatic rings. The van der Waals surface area contributed by atoms with Gasteiger partial charge in [0.15, 0.2) is 0 Å². The van der Waals surface area contributed by atoms with E-state index in [0.717, 1.165) is 11.6 Å². The van der Waals surface area contributed by atoms with Crippen LogP contribution in [0.15, 0.2) is 42.5 Å². The number of carbonyl (C=O) groups is 1. The van der Waals surface area contributed by atoms with E-state index in [1.165, 1.54) is 12.1 Å². The zero-order chi connectivity index (χ0) is 25.0. The van der Waals surface area contributed by atoms with E-state index in [1.54, 1.807) is 24.3 Å². The molecule has 0 radical (unpaired) electrons. The van der Waals surface area contributed by atoms with Gasteiger partial charge in [0.1, 0.15) is 23.8 Å². The Morgan fingerprint density at radius 2 is 1.76 bits per heavy atom. The number of nitrogens with one attached hydrogen (secondary N) is 1. The molecule has 2 rings (SSSR count). The normalized spacial score (nSPS) is 11.7. The van der Waals surface area contributed by atoms with Crippen LogP contribution in [0.3, 0.4) is 0 Å². The Bertz CT molecular complexity index is 1030. The van der Waals surface area contributed by atoms with Gasteiger partial charge in [0.05, 0.1) is 11.5 Å². The van der Waals surface area contributed by atoms with Gasteiger partial charge in [0, 0.05) is 12.6 Å². The summed E-state index contributed by atoms with van der Waals surface area (Å²) in [5.74, 6) is -2.79. The molecule has 0 atom stereocenters. The number of nitrogen functional groups attached to an aromatic ring is 1. The average Bonchev–Trinajstić information content (AvgIpc) is 2.71. The third kappa shape index (κ3) is 6.67. The molecule has 178 valence electrons. The molecule has 0 spiro atoms. The summed E-state index contributed by atoms with van der Waals surface area (Å²) in [5.41, 5.74) is 6.02. The molecule has 1 amide bonds. The van der Waals surface area contributed by atoms with Crippen LogP contribution in [0.1, 0.15) is 37.5 Å². The van der Waals surface area contributed by atoms with E-state index in [1.807, 2.05) is 20.8 Å². The zero-order valence-electron chi connectivity index (χ0n) is 18.4. The number of nitrogens with two attached hydrogens (primary N) is 1. The third-order valence-corrected chi connectivity index (χ3v) is 4.81. The number of amides is 1. The highest BCUT2D eigenvalue weighted by molar-refractivity contribution is 6.01. The van der Waals surface area contributed by atoms with E-state index >= 15 is 0 Å². The minimum atomic E-state index is -5.08. The molecule has 0 saturated carbocycles. The molecule has 33 heavy (non-hydrogen) atoms. The van der Waals surface area contributed by atoms with Crippen LogP contribution in [0.4, 0.5) is 18.9 Å². The fraction of sp³-hybridized carbons (Fsp3) is 0.364. The molecule has 0 aromatic heterocycles. The number of rotatable bonds is 8. The molecule has 0 heterocycles. The molecule has 0 bridgehead atoms. The maximum absolute atomic E-state index is 13.1. The Morgan fingerprint density at radius 3 is 2.24 bits per heavy atom. The summed E-state index contributed by atoms with van der Waals surface area (Å²) in [6, 6.07) is 10.7. The first-order valence-corrected chi connectivity index (χ1v) is 9.92. The molecule has 0 aliphatic heterocycles. The fourth-order valence-electron chi connectivity index (χ4n) is 3.09. The average molecular weight is 466 g/mol. The molecule has 2 aromatic carbocycles.